The molecule has 0 N–H and O–H groups in total. The van der Waals surface area contributed by atoms with Crippen LogP contribution in [0.15, 0.2) is 0 Å². The van der Waals surface area contributed by atoms with E-state index in [2.05, 4.69) is 62.3 Å². The van der Waals surface area contributed by atoms with Gasteiger partial charge in [-0.05, 0) is 57.8 Å². The number of hydrogen-bond donors (Lipinski definition) is 0. The molecule has 0 heterocycles. The highest BCUT2D eigenvalue weighted by molar-refractivity contribution is 6.37. The van der Waals surface area contributed by atoms with E-state index in [1.807, 2.05) is 0 Å². The maximum Gasteiger partial charge on any atom is 0.906 e. The van der Waals surface area contributed by atoms with Crippen LogP contribution in [0.4, 0.5) is 0 Å². The maximum atomic E-state index is 8.07. The first kappa shape index (κ1) is 64.4. The lowest BCUT2D eigenvalue weighted by Gasteiger charge is -2.45. The zero-order chi connectivity index (χ0) is 47.1. The van der Waals surface area contributed by atoms with Gasteiger partial charge in [0.2, 0.25) is 0 Å². The smallest absolute Gasteiger partial charge is 0.449 e. The quantitative estimate of drug-likeness (QED) is 0.0449. The van der Waals surface area contributed by atoms with Gasteiger partial charge in [0.1, 0.15) is 0 Å². The zero-order valence-electron chi connectivity index (χ0n) is 46.2. The second-order valence-corrected chi connectivity index (χ2v) is 22.8. The first-order valence-corrected chi connectivity index (χ1v) is 31.8. The number of rotatable bonds is 54. The fraction of sp³-hybridized carbons (Fsp3) is 1.00. The maximum absolute atomic E-state index is 8.07. The van der Waals surface area contributed by atoms with Crippen molar-refractivity contribution in [1.82, 2.24) is 0 Å². The molecular formula is C60H123AlO3. The van der Waals surface area contributed by atoms with Gasteiger partial charge in [-0.25, -0.2) is 0 Å². The summed E-state index contributed by atoms with van der Waals surface area (Å²) in [7, 11) is 0. The summed E-state index contributed by atoms with van der Waals surface area (Å²) in [5.41, 5.74) is -0.382. The monoisotopic (exact) mass is 919 g/mol. The molecule has 0 saturated heterocycles. The Morgan fingerprint density at radius 1 is 0.188 bits per heavy atom. The molecule has 64 heavy (non-hydrogen) atoms. The van der Waals surface area contributed by atoms with Crippen molar-refractivity contribution in [3.05, 3.63) is 0 Å². The molecule has 0 unspecified atom stereocenters. The molecule has 0 aliphatic carbocycles. The van der Waals surface area contributed by atoms with E-state index in [0.717, 1.165) is 19.3 Å². The zero-order valence-corrected chi connectivity index (χ0v) is 47.4. The van der Waals surface area contributed by atoms with Crippen molar-refractivity contribution in [3.8, 4) is 0 Å². The van der Waals surface area contributed by atoms with Crippen molar-refractivity contribution in [1.29, 1.82) is 0 Å². The minimum absolute atomic E-state index is 0.127. The molecule has 0 saturated carbocycles. The average Bonchev–Trinajstić information content (AvgIpc) is 3.28. The molecule has 0 aromatic heterocycles. The molecule has 0 aliphatic heterocycles. The second-order valence-electron chi connectivity index (χ2n) is 21.5. The Kier molecular flexibility index (Phi) is 47.4. The van der Waals surface area contributed by atoms with Crippen molar-refractivity contribution >= 4 is 15.1 Å². The van der Waals surface area contributed by atoms with Gasteiger partial charge in [0.15, 0.2) is 0 Å². The summed E-state index contributed by atoms with van der Waals surface area (Å²) in [6.07, 6.45) is 62.5. The summed E-state index contributed by atoms with van der Waals surface area (Å²) >= 11 is -2.62. The van der Waals surface area contributed by atoms with Gasteiger partial charge in [-0.3, -0.25) is 0 Å². The molecule has 0 aromatic rings. The Morgan fingerprint density at radius 2 is 0.344 bits per heavy atom. The van der Waals surface area contributed by atoms with Gasteiger partial charge in [-0.2, -0.15) is 0 Å². The molecule has 0 fully saturated rings. The van der Waals surface area contributed by atoms with Crippen LogP contribution in [0.3, 0.4) is 0 Å². The predicted molar refractivity (Wildman–Crippen MR) is 290 cm³/mol. The van der Waals surface area contributed by atoms with Crippen molar-refractivity contribution in [2.24, 2.45) is 0 Å². The fourth-order valence-corrected chi connectivity index (χ4v) is 13.5. The van der Waals surface area contributed by atoms with Crippen LogP contribution in [0.2, 0.25) is 0 Å². The van der Waals surface area contributed by atoms with E-state index in [1.54, 1.807) is 0 Å². The van der Waals surface area contributed by atoms with Crippen LogP contribution in [0.25, 0.3) is 0 Å². The summed E-state index contributed by atoms with van der Waals surface area (Å²) in [4.78, 5) is 0. The van der Waals surface area contributed by atoms with Crippen LogP contribution in [-0.2, 0) is 11.4 Å². The van der Waals surface area contributed by atoms with E-state index < -0.39 is 15.1 Å². The molecule has 4 heteroatoms. The Hall–Kier alpha value is 0.412. The standard InChI is InChI=1S/3C20H41O.Al/c3*1-4-7-9-11-13-15-18-20(21,17-6-3)19-16-14-12-10-8-5-2;/h3*4-19H2,1-3H3;/q3*-1;+3. The number of hydrogen-bond acceptors (Lipinski definition) is 3. The highest BCUT2D eigenvalue weighted by Gasteiger charge is 2.50. The Labute approximate surface area is 411 Å². The van der Waals surface area contributed by atoms with E-state index in [-0.39, 0.29) is 16.8 Å². The predicted octanol–water partition coefficient (Wildman–Crippen LogP) is 22.1. The lowest BCUT2D eigenvalue weighted by Crippen LogP contribution is -2.52. The van der Waals surface area contributed by atoms with Gasteiger partial charge in [-0.1, -0.05) is 313 Å². The van der Waals surface area contributed by atoms with Crippen LogP contribution in [0, 0.1) is 0 Å². The van der Waals surface area contributed by atoms with Crippen LogP contribution in [0.5, 0.6) is 0 Å². The lowest BCUT2D eigenvalue weighted by atomic mass is 9.86. The van der Waals surface area contributed by atoms with E-state index in [4.69, 9.17) is 11.4 Å². The van der Waals surface area contributed by atoms with E-state index >= 15 is 0 Å². The minimum atomic E-state index is -2.62. The molecule has 0 amide bonds. The van der Waals surface area contributed by atoms with Crippen molar-refractivity contribution in [2.75, 3.05) is 0 Å². The molecule has 0 atom stereocenters. The molecule has 0 aromatic carbocycles. The van der Waals surface area contributed by atoms with E-state index in [9.17, 15) is 0 Å². The van der Waals surface area contributed by atoms with E-state index in [1.165, 1.54) is 289 Å². The Balaban J connectivity index is 7.33. The van der Waals surface area contributed by atoms with Crippen molar-refractivity contribution in [3.63, 3.8) is 0 Å². The second kappa shape index (κ2) is 47.1. The highest BCUT2D eigenvalue weighted by Crippen LogP contribution is 2.41. The highest BCUT2D eigenvalue weighted by atomic mass is 27.3. The fourth-order valence-electron chi connectivity index (χ4n) is 11.1. The molecule has 0 radical (unpaired) electrons. The van der Waals surface area contributed by atoms with Crippen LogP contribution < -0.4 is 0 Å². The first-order chi connectivity index (χ1) is 31.3. The summed E-state index contributed by atoms with van der Waals surface area (Å²) in [5, 5.41) is 0. The van der Waals surface area contributed by atoms with Crippen molar-refractivity contribution < 1.29 is 11.4 Å². The summed E-state index contributed by atoms with van der Waals surface area (Å²) in [6, 6.07) is 0. The average molecular weight is 920 g/mol. The Bertz CT molecular complexity index is 745. The summed E-state index contributed by atoms with van der Waals surface area (Å²) < 4.78 is 24.2. The molecular weight excluding hydrogens is 796 g/mol. The molecule has 0 bridgehead atoms. The van der Waals surface area contributed by atoms with Gasteiger partial charge >= 0.3 is 15.1 Å². The van der Waals surface area contributed by atoms with Crippen molar-refractivity contribution in [2.45, 2.75) is 387 Å². The first-order valence-electron chi connectivity index (χ1n) is 30.4. The third-order valence-electron chi connectivity index (χ3n) is 15.1. The third-order valence-corrected chi connectivity index (χ3v) is 17.1. The van der Waals surface area contributed by atoms with Gasteiger partial charge in [-0.15, -0.1) is 0 Å². The largest absolute Gasteiger partial charge is 0.906 e. The van der Waals surface area contributed by atoms with Crippen LogP contribution in [0.1, 0.15) is 371 Å². The molecule has 384 valence electrons. The lowest BCUT2D eigenvalue weighted by molar-refractivity contribution is -0.112. The molecule has 0 spiro atoms. The molecule has 3 nitrogen and oxygen atoms in total. The van der Waals surface area contributed by atoms with Crippen LogP contribution >= 0.6 is 0 Å². The SMILES string of the molecule is CCCCCCCCC(CCC)(CCCCCCCC)[O][Al]([O]C(CCC)(CCCCCCCC)CCCCCCCC)[O]C(CCC)(CCCCCCCC)CCCCCCCC. The van der Waals surface area contributed by atoms with Gasteiger partial charge in [0, 0.05) is 16.8 Å². The van der Waals surface area contributed by atoms with Gasteiger partial charge in [0.05, 0.1) is 0 Å². The summed E-state index contributed by atoms with van der Waals surface area (Å²) in [6.45, 7) is 21.4. The molecule has 0 aliphatic rings. The van der Waals surface area contributed by atoms with Gasteiger partial charge in [0.25, 0.3) is 0 Å². The van der Waals surface area contributed by atoms with Crippen LogP contribution in [-0.4, -0.2) is 32.0 Å². The Morgan fingerprint density at radius 3 is 0.500 bits per heavy atom. The minimum Gasteiger partial charge on any atom is -0.449 e. The normalized spacial score (nSPS) is 12.5. The topological polar surface area (TPSA) is 27.7 Å². The van der Waals surface area contributed by atoms with Gasteiger partial charge < -0.3 is 11.4 Å². The summed E-state index contributed by atoms with van der Waals surface area (Å²) in [5.74, 6) is 0. The number of unbranched alkanes of at least 4 members (excludes halogenated alkanes) is 30. The molecule has 0 rings (SSSR count). The van der Waals surface area contributed by atoms with E-state index in [0.29, 0.717) is 0 Å². The third kappa shape index (κ3) is 35.5.